The number of carbonyl (C=O) groups excluding carboxylic acids is 1. The number of hydrogen-bond donors (Lipinski definition) is 1. The second-order valence-corrected chi connectivity index (χ2v) is 4.89. The average molecular weight is 248 g/mol. The third-order valence-corrected chi connectivity index (χ3v) is 3.28. The highest BCUT2D eigenvalue weighted by molar-refractivity contribution is 5.91. The smallest absolute Gasteiger partial charge is 0.414 e. The van der Waals surface area contributed by atoms with Crippen LogP contribution < -0.4 is 10.6 Å². The fourth-order valence-electron chi connectivity index (χ4n) is 2.36. The SMILES string of the molecule is CC(C)c1ccccc1N1C(=O)OCC1CCN. The van der Waals surface area contributed by atoms with Gasteiger partial charge in [0.15, 0.2) is 0 Å². The molecule has 1 aliphatic rings. The molecule has 2 N–H and O–H groups in total. The van der Waals surface area contributed by atoms with Crippen molar-refractivity contribution in [2.24, 2.45) is 5.73 Å². The van der Waals surface area contributed by atoms with Crippen molar-refractivity contribution in [3.8, 4) is 0 Å². The van der Waals surface area contributed by atoms with Crippen molar-refractivity contribution in [1.82, 2.24) is 0 Å². The molecule has 0 aliphatic carbocycles. The van der Waals surface area contributed by atoms with E-state index in [-0.39, 0.29) is 12.1 Å². The summed E-state index contributed by atoms with van der Waals surface area (Å²) in [5.74, 6) is 0.369. The van der Waals surface area contributed by atoms with E-state index in [4.69, 9.17) is 10.5 Å². The Morgan fingerprint density at radius 1 is 1.44 bits per heavy atom. The number of nitrogens with two attached hydrogens (primary N) is 1. The zero-order valence-corrected chi connectivity index (χ0v) is 10.9. The number of benzene rings is 1. The molecule has 1 heterocycles. The van der Waals surface area contributed by atoms with E-state index >= 15 is 0 Å². The summed E-state index contributed by atoms with van der Waals surface area (Å²) >= 11 is 0. The molecule has 4 heteroatoms. The Labute approximate surface area is 108 Å². The highest BCUT2D eigenvalue weighted by Crippen LogP contribution is 2.32. The lowest BCUT2D eigenvalue weighted by Crippen LogP contribution is -2.35. The molecule has 1 unspecified atom stereocenters. The molecule has 1 aliphatic heterocycles. The molecule has 0 spiro atoms. The second kappa shape index (κ2) is 5.40. The molecule has 0 saturated carbocycles. The largest absolute Gasteiger partial charge is 0.447 e. The number of rotatable bonds is 4. The van der Waals surface area contributed by atoms with Gasteiger partial charge in [-0.3, -0.25) is 4.90 Å². The van der Waals surface area contributed by atoms with E-state index in [2.05, 4.69) is 19.9 Å². The summed E-state index contributed by atoms with van der Waals surface area (Å²) in [6.07, 6.45) is 0.500. The zero-order chi connectivity index (χ0) is 13.1. The number of amides is 1. The summed E-state index contributed by atoms with van der Waals surface area (Å²) in [5, 5.41) is 0. The number of cyclic esters (lactones) is 1. The molecule has 1 amide bonds. The Hall–Kier alpha value is -1.55. The minimum absolute atomic E-state index is 0.0578. The van der Waals surface area contributed by atoms with Gasteiger partial charge in [0, 0.05) is 0 Å². The minimum Gasteiger partial charge on any atom is -0.447 e. The maximum absolute atomic E-state index is 11.9. The van der Waals surface area contributed by atoms with E-state index in [9.17, 15) is 4.79 Å². The third-order valence-electron chi connectivity index (χ3n) is 3.28. The van der Waals surface area contributed by atoms with Crippen LogP contribution in [0.15, 0.2) is 24.3 Å². The quantitative estimate of drug-likeness (QED) is 0.890. The number of hydrogen-bond acceptors (Lipinski definition) is 3. The maximum atomic E-state index is 11.9. The van der Waals surface area contributed by atoms with Gasteiger partial charge < -0.3 is 10.5 Å². The predicted molar refractivity (Wildman–Crippen MR) is 71.8 cm³/mol. The monoisotopic (exact) mass is 248 g/mol. The van der Waals surface area contributed by atoms with Crippen LogP contribution in [0.5, 0.6) is 0 Å². The molecule has 1 saturated heterocycles. The summed E-state index contributed by atoms with van der Waals surface area (Å²) in [6.45, 7) is 5.24. The normalized spacial score (nSPS) is 19.4. The molecular weight excluding hydrogens is 228 g/mol. The third kappa shape index (κ3) is 2.34. The molecular formula is C14H20N2O2. The lowest BCUT2D eigenvalue weighted by atomic mass is 9.99. The van der Waals surface area contributed by atoms with Crippen molar-refractivity contribution < 1.29 is 9.53 Å². The molecule has 4 nitrogen and oxygen atoms in total. The molecule has 0 bridgehead atoms. The Morgan fingerprint density at radius 2 is 2.17 bits per heavy atom. The fourth-order valence-corrected chi connectivity index (χ4v) is 2.36. The van der Waals surface area contributed by atoms with E-state index in [1.54, 1.807) is 4.90 Å². The molecule has 1 atom stereocenters. The molecule has 1 aromatic carbocycles. The van der Waals surface area contributed by atoms with Gasteiger partial charge in [0.05, 0.1) is 11.7 Å². The van der Waals surface area contributed by atoms with Crippen LogP contribution in [0.2, 0.25) is 0 Å². The lowest BCUT2D eigenvalue weighted by molar-refractivity contribution is 0.178. The maximum Gasteiger partial charge on any atom is 0.414 e. The Morgan fingerprint density at radius 3 is 2.83 bits per heavy atom. The van der Waals surface area contributed by atoms with Gasteiger partial charge in [0.25, 0.3) is 0 Å². The first kappa shape index (κ1) is 12.9. The highest BCUT2D eigenvalue weighted by Gasteiger charge is 2.34. The molecule has 2 rings (SSSR count). The average Bonchev–Trinajstić information content (AvgIpc) is 2.71. The Kier molecular flexibility index (Phi) is 3.87. The molecule has 18 heavy (non-hydrogen) atoms. The van der Waals surface area contributed by atoms with Gasteiger partial charge >= 0.3 is 6.09 Å². The molecule has 0 radical (unpaired) electrons. The number of carbonyl (C=O) groups is 1. The first-order valence-corrected chi connectivity index (χ1v) is 6.40. The molecule has 0 aromatic heterocycles. The van der Waals surface area contributed by atoms with Crippen molar-refractivity contribution in [2.75, 3.05) is 18.1 Å². The minimum atomic E-state index is -0.262. The van der Waals surface area contributed by atoms with Gasteiger partial charge in [-0.1, -0.05) is 32.0 Å². The van der Waals surface area contributed by atoms with Crippen LogP contribution >= 0.6 is 0 Å². The van der Waals surface area contributed by atoms with Crippen LogP contribution in [-0.4, -0.2) is 25.3 Å². The summed E-state index contributed by atoms with van der Waals surface area (Å²) in [5.41, 5.74) is 7.72. The number of anilines is 1. The van der Waals surface area contributed by atoms with E-state index in [0.29, 0.717) is 19.1 Å². The second-order valence-electron chi connectivity index (χ2n) is 4.89. The summed E-state index contributed by atoms with van der Waals surface area (Å²) in [4.78, 5) is 13.6. The van der Waals surface area contributed by atoms with E-state index in [1.807, 2.05) is 18.2 Å². The number of para-hydroxylation sites is 1. The Balaban J connectivity index is 2.36. The van der Waals surface area contributed by atoms with Crippen molar-refractivity contribution in [3.05, 3.63) is 29.8 Å². The van der Waals surface area contributed by atoms with Gasteiger partial charge in [-0.25, -0.2) is 4.79 Å². The Bertz CT molecular complexity index is 432. The highest BCUT2D eigenvalue weighted by atomic mass is 16.6. The number of nitrogens with zero attached hydrogens (tertiary/aromatic N) is 1. The van der Waals surface area contributed by atoms with Crippen molar-refractivity contribution in [3.63, 3.8) is 0 Å². The van der Waals surface area contributed by atoms with Crippen LogP contribution in [0.3, 0.4) is 0 Å². The van der Waals surface area contributed by atoms with Crippen molar-refractivity contribution in [2.45, 2.75) is 32.2 Å². The van der Waals surface area contributed by atoms with Gasteiger partial charge in [-0.05, 0) is 30.5 Å². The standard InChI is InChI=1S/C14H20N2O2/c1-10(2)12-5-3-4-6-13(12)16-11(7-8-15)9-18-14(16)17/h3-6,10-11H,7-9,15H2,1-2H3. The first-order valence-electron chi connectivity index (χ1n) is 6.40. The summed E-state index contributed by atoms with van der Waals surface area (Å²) in [7, 11) is 0. The predicted octanol–water partition coefficient (Wildman–Crippen LogP) is 2.48. The van der Waals surface area contributed by atoms with Crippen molar-refractivity contribution in [1.29, 1.82) is 0 Å². The van der Waals surface area contributed by atoms with Gasteiger partial charge in [-0.2, -0.15) is 0 Å². The zero-order valence-electron chi connectivity index (χ0n) is 10.9. The molecule has 98 valence electrons. The van der Waals surface area contributed by atoms with E-state index in [1.165, 1.54) is 5.56 Å². The molecule has 1 fully saturated rings. The van der Waals surface area contributed by atoms with Crippen LogP contribution in [0, 0.1) is 0 Å². The summed E-state index contributed by atoms with van der Waals surface area (Å²) in [6, 6.07) is 8.04. The lowest BCUT2D eigenvalue weighted by Gasteiger charge is -2.24. The first-order chi connectivity index (χ1) is 8.65. The fraction of sp³-hybridized carbons (Fsp3) is 0.500. The van der Waals surface area contributed by atoms with Gasteiger partial charge in [0.2, 0.25) is 0 Å². The van der Waals surface area contributed by atoms with Crippen LogP contribution in [-0.2, 0) is 4.74 Å². The number of ether oxygens (including phenoxy) is 1. The van der Waals surface area contributed by atoms with Crippen LogP contribution in [0.4, 0.5) is 10.5 Å². The van der Waals surface area contributed by atoms with Crippen LogP contribution in [0.25, 0.3) is 0 Å². The van der Waals surface area contributed by atoms with Gasteiger partial charge in [-0.15, -0.1) is 0 Å². The van der Waals surface area contributed by atoms with Crippen LogP contribution in [0.1, 0.15) is 31.7 Å². The molecule has 1 aromatic rings. The summed E-state index contributed by atoms with van der Waals surface area (Å²) < 4.78 is 5.15. The topological polar surface area (TPSA) is 55.6 Å². The van der Waals surface area contributed by atoms with E-state index in [0.717, 1.165) is 12.1 Å². The van der Waals surface area contributed by atoms with Gasteiger partial charge in [0.1, 0.15) is 6.61 Å². The van der Waals surface area contributed by atoms with E-state index < -0.39 is 0 Å². The van der Waals surface area contributed by atoms with Crippen molar-refractivity contribution >= 4 is 11.8 Å².